The molecule has 3 saturated heterocycles. The van der Waals surface area contributed by atoms with Gasteiger partial charge in [-0.25, -0.2) is 18.7 Å². The van der Waals surface area contributed by atoms with Crippen molar-refractivity contribution in [3.05, 3.63) is 22.8 Å². The molecule has 3 aliphatic heterocycles. The van der Waals surface area contributed by atoms with Crippen LogP contribution in [0.4, 0.5) is 14.0 Å². The molecule has 4 aliphatic rings. The summed E-state index contributed by atoms with van der Waals surface area (Å²) in [6, 6.07) is 1.11. The zero-order valence-electron chi connectivity index (χ0n) is 28.4. The molecule has 11 nitrogen and oxygen atoms in total. The average molecular weight is 677 g/mol. The summed E-state index contributed by atoms with van der Waals surface area (Å²) in [5, 5.41) is 8.88. The fourth-order valence-electron chi connectivity index (χ4n) is 6.72. The van der Waals surface area contributed by atoms with Crippen molar-refractivity contribution in [2.75, 3.05) is 26.3 Å². The number of hydrogen-bond donors (Lipinski definition) is 1. The van der Waals surface area contributed by atoms with Gasteiger partial charge in [-0.2, -0.15) is 5.10 Å². The van der Waals surface area contributed by atoms with Gasteiger partial charge in [0.2, 0.25) is 0 Å². The molecule has 5 atom stereocenters. The van der Waals surface area contributed by atoms with E-state index in [0.717, 1.165) is 47.6 Å². The number of nitrogens with one attached hydrogen (secondary N) is 1. The van der Waals surface area contributed by atoms with E-state index in [1.165, 1.54) is 4.90 Å². The maximum Gasteiger partial charge on any atom is 0.495 e. The van der Waals surface area contributed by atoms with Crippen LogP contribution in [0.15, 0.2) is 12.3 Å². The smallest absolute Gasteiger partial charge is 0.450 e. The molecule has 4 heterocycles. The number of benzene rings is 1. The zero-order valence-corrected chi connectivity index (χ0v) is 29.2. The van der Waals surface area contributed by atoms with E-state index < -0.39 is 48.3 Å². The molecule has 1 aromatic carbocycles. The molecule has 1 aromatic heterocycles. The van der Waals surface area contributed by atoms with E-state index in [4.69, 9.17) is 40.2 Å². The van der Waals surface area contributed by atoms with Crippen molar-refractivity contribution in [3.63, 3.8) is 0 Å². The van der Waals surface area contributed by atoms with Crippen molar-refractivity contribution < 1.29 is 37.5 Å². The van der Waals surface area contributed by atoms with Crippen LogP contribution in [0.1, 0.15) is 98.3 Å². The summed E-state index contributed by atoms with van der Waals surface area (Å²) in [5.41, 5.74) is 0.974. The molecule has 0 radical (unpaired) electrons. The lowest BCUT2D eigenvalue weighted by Crippen LogP contribution is -2.42. The summed E-state index contributed by atoms with van der Waals surface area (Å²) >= 11 is 7.10. The van der Waals surface area contributed by atoms with Gasteiger partial charge in [0.15, 0.2) is 6.23 Å². The molecule has 47 heavy (non-hydrogen) atoms. The van der Waals surface area contributed by atoms with Crippen molar-refractivity contribution in [1.82, 2.24) is 20.0 Å². The molecule has 3 unspecified atom stereocenters. The Bertz CT molecular complexity index is 1490. The highest BCUT2D eigenvalue weighted by molar-refractivity contribution is 6.66. The molecule has 1 N–H and O–H groups in total. The summed E-state index contributed by atoms with van der Waals surface area (Å²) in [7, 11) is -0.635. The molecule has 4 fully saturated rings. The van der Waals surface area contributed by atoms with E-state index >= 15 is 0 Å². The lowest BCUT2D eigenvalue weighted by atomic mass is 9.72. The predicted octanol–water partition coefficient (Wildman–Crippen LogP) is 5.87. The molecule has 258 valence electrons. The molecular formula is C33H47BClFN4O7. The maximum absolute atomic E-state index is 14.6. The Hall–Kier alpha value is -2.61. The molecule has 0 bridgehead atoms. The fourth-order valence-corrected chi connectivity index (χ4v) is 7.07. The van der Waals surface area contributed by atoms with E-state index in [1.54, 1.807) is 20.8 Å². The van der Waals surface area contributed by atoms with Crippen LogP contribution in [0.3, 0.4) is 0 Å². The minimum Gasteiger partial charge on any atom is -0.450 e. The van der Waals surface area contributed by atoms with Crippen LogP contribution < -0.4 is 10.8 Å². The summed E-state index contributed by atoms with van der Waals surface area (Å²) < 4.78 is 46.5. The van der Waals surface area contributed by atoms with Gasteiger partial charge in [-0.05, 0) is 109 Å². The second kappa shape index (κ2) is 12.7. The second-order valence-corrected chi connectivity index (χ2v) is 15.7. The monoisotopic (exact) mass is 676 g/mol. The van der Waals surface area contributed by atoms with Gasteiger partial charge in [0.25, 0.3) is 0 Å². The van der Waals surface area contributed by atoms with E-state index in [2.05, 4.69) is 5.32 Å². The first kappa shape index (κ1) is 34.3. The van der Waals surface area contributed by atoms with Gasteiger partial charge in [0, 0.05) is 23.6 Å². The lowest BCUT2D eigenvalue weighted by Gasteiger charge is -2.32. The number of likely N-dealkylation sites (tertiary alicyclic amines) is 1. The summed E-state index contributed by atoms with van der Waals surface area (Å²) in [4.78, 5) is 26.2. The summed E-state index contributed by atoms with van der Waals surface area (Å²) in [6.07, 6.45) is 3.45. The van der Waals surface area contributed by atoms with Crippen molar-refractivity contribution in [2.24, 2.45) is 5.92 Å². The number of halogens is 2. The number of carbonyl (C=O) groups excluding carboxylic acids is 2. The predicted molar refractivity (Wildman–Crippen MR) is 176 cm³/mol. The van der Waals surface area contributed by atoms with Gasteiger partial charge in [-0.15, -0.1) is 0 Å². The third-order valence-corrected chi connectivity index (χ3v) is 10.4. The Morgan fingerprint density at radius 3 is 2.55 bits per heavy atom. The Morgan fingerprint density at radius 2 is 1.89 bits per heavy atom. The minimum atomic E-state index is -1.41. The molecule has 6 rings (SSSR count). The third-order valence-electron chi connectivity index (χ3n) is 10.1. The number of rotatable bonds is 7. The first-order valence-corrected chi connectivity index (χ1v) is 17.1. The van der Waals surface area contributed by atoms with Gasteiger partial charge in [0.05, 0.1) is 42.1 Å². The normalized spacial score (nSPS) is 28.5. The van der Waals surface area contributed by atoms with Crippen LogP contribution in [0.5, 0.6) is 0 Å². The van der Waals surface area contributed by atoms with Crippen LogP contribution in [0, 0.1) is 5.92 Å². The van der Waals surface area contributed by atoms with Gasteiger partial charge in [0.1, 0.15) is 11.8 Å². The van der Waals surface area contributed by atoms with E-state index in [0.29, 0.717) is 18.1 Å². The molecule has 2 aromatic rings. The Balaban J connectivity index is 1.12. The van der Waals surface area contributed by atoms with E-state index in [9.17, 15) is 14.0 Å². The Kier molecular flexibility index (Phi) is 9.25. The summed E-state index contributed by atoms with van der Waals surface area (Å²) in [5.74, 6) is 0.341. The van der Waals surface area contributed by atoms with Crippen LogP contribution in [-0.2, 0) is 23.5 Å². The van der Waals surface area contributed by atoms with Crippen molar-refractivity contribution >= 4 is 47.3 Å². The standard InChI is InChI=1S/C33H47BClFN4O7/c1-31(2,3)45-30(42)39-17-23(36)24(18-39)38-29(41)44-13-11-19-14-20(19)27-22(35)15-25-21(16-37-40(25)26-10-8-9-12-43-26)28(27)34-46-32(4,5)33(6,7)47-34/h15-16,19-20,23-24,26H,8-14,17-18H2,1-7H3,(H,38,41)/t19?,20?,23-,24+,26?/m1/s1. The van der Waals surface area contributed by atoms with E-state index in [1.807, 2.05) is 44.6 Å². The van der Waals surface area contributed by atoms with Gasteiger partial charge in [-0.3, -0.25) is 0 Å². The van der Waals surface area contributed by atoms with Crippen molar-refractivity contribution in [3.8, 4) is 0 Å². The summed E-state index contributed by atoms with van der Waals surface area (Å²) in [6.45, 7) is 14.1. The number of nitrogens with zero attached hydrogens (tertiary/aromatic N) is 3. The van der Waals surface area contributed by atoms with Crippen LogP contribution in [0.2, 0.25) is 5.02 Å². The lowest BCUT2D eigenvalue weighted by molar-refractivity contribution is -0.0366. The highest BCUT2D eigenvalue weighted by Crippen LogP contribution is 2.52. The molecule has 2 amide bonds. The maximum atomic E-state index is 14.6. The average Bonchev–Trinajstić information content (AvgIpc) is 3.33. The highest BCUT2D eigenvalue weighted by Gasteiger charge is 2.54. The number of ether oxygens (including phenoxy) is 3. The first-order valence-electron chi connectivity index (χ1n) is 16.8. The third kappa shape index (κ3) is 7.09. The number of carbonyl (C=O) groups is 2. The molecule has 1 aliphatic carbocycles. The molecule has 0 spiro atoms. The van der Waals surface area contributed by atoms with Crippen LogP contribution in [-0.4, -0.2) is 89.3 Å². The van der Waals surface area contributed by atoms with Gasteiger partial charge in [-0.1, -0.05) is 11.6 Å². The SMILES string of the molecule is CC(C)(C)OC(=O)N1C[C@@H](F)[C@@H](NC(=O)OCCC2CC2c2c(Cl)cc3c(cnn3C3CCCCO3)c2B2OC(C)(C)C(C)(C)O2)C1. The fraction of sp³-hybridized carbons (Fsp3) is 0.727. The molecule has 14 heteroatoms. The topological polar surface area (TPSA) is 113 Å². The molecular weight excluding hydrogens is 630 g/mol. The van der Waals surface area contributed by atoms with Gasteiger partial charge < -0.3 is 33.7 Å². The number of alkyl halides is 1. The number of amides is 2. The Morgan fingerprint density at radius 1 is 1.17 bits per heavy atom. The largest absolute Gasteiger partial charge is 0.495 e. The van der Waals surface area contributed by atoms with E-state index in [-0.39, 0.29) is 37.8 Å². The minimum absolute atomic E-state index is 0.0159. The van der Waals surface area contributed by atoms with Crippen molar-refractivity contribution in [2.45, 2.75) is 122 Å². The quantitative estimate of drug-likeness (QED) is 0.363. The zero-order chi connectivity index (χ0) is 33.9. The highest BCUT2D eigenvalue weighted by atomic mass is 35.5. The first-order chi connectivity index (χ1) is 22.0. The van der Waals surface area contributed by atoms with Gasteiger partial charge >= 0.3 is 19.3 Å². The number of alkyl carbamates (subject to hydrolysis) is 1. The number of fused-ring (bicyclic) bond motifs is 1. The van der Waals surface area contributed by atoms with Crippen LogP contribution in [0.25, 0.3) is 10.9 Å². The number of aromatic nitrogens is 2. The van der Waals surface area contributed by atoms with Crippen molar-refractivity contribution in [1.29, 1.82) is 0 Å². The number of hydrogen-bond acceptors (Lipinski definition) is 8. The molecule has 1 saturated carbocycles. The van der Waals surface area contributed by atoms with Crippen LogP contribution >= 0.6 is 11.6 Å². The second-order valence-electron chi connectivity index (χ2n) is 15.3. The Labute approximate surface area is 281 Å².